The number of amides is 1. The van der Waals surface area contributed by atoms with Gasteiger partial charge in [-0.05, 0) is 38.1 Å². The van der Waals surface area contributed by atoms with Crippen LogP contribution in [0.1, 0.15) is 24.2 Å². The lowest BCUT2D eigenvalue weighted by atomic mass is 10.2. The highest BCUT2D eigenvalue weighted by Crippen LogP contribution is 2.31. The van der Waals surface area contributed by atoms with Gasteiger partial charge in [-0.1, -0.05) is 35.9 Å². The second-order valence-electron chi connectivity index (χ2n) is 7.00. The monoisotopic (exact) mass is 466 g/mol. The van der Waals surface area contributed by atoms with E-state index in [1.807, 2.05) is 25.1 Å². The summed E-state index contributed by atoms with van der Waals surface area (Å²) >= 11 is 7.57. The molecule has 0 aliphatic carbocycles. The quantitative estimate of drug-likeness (QED) is 0.480. The minimum atomic E-state index is -3.72. The van der Waals surface area contributed by atoms with Crippen molar-refractivity contribution >= 4 is 45.1 Å². The van der Waals surface area contributed by atoms with Crippen LogP contribution in [0.5, 0.6) is 0 Å². The van der Waals surface area contributed by atoms with Gasteiger partial charge in [0.15, 0.2) is 5.78 Å². The van der Waals surface area contributed by atoms with Gasteiger partial charge in [0, 0.05) is 36.6 Å². The van der Waals surface area contributed by atoms with Gasteiger partial charge in [-0.3, -0.25) is 9.59 Å². The van der Waals surface area contributed by atoms with Crippen molar-refractivity contribution in [1.82, 2.24) is 9.21 Å². The van der Waals surface area contributed by atoms with E-state index in [1.165, 1.54) is 35.1 Å². The first-order valence-electron chi connectivity index (χ1n) is 9.51. The number of halogens is 1. The number of thioether (sulfide) groups is 1. The molecule has 1 atom stereocenters. The second kappa shape index (κ2) is 9.51. The van der Waals surface area contributed by atoms with Gasteiger partial charge in [0.25, 0.3) is 0 Å². The van der Waals surface area contributed by atoms with E-state index in [9.17, 15) is 18.0 Å². The Bertz CT molecular complexity index is 1050. The first kappa shape index (κ1) is 22.8. The van der Waals surface area contributed by atoms with E-state index < -0.39 is 10.0 Å². The lowest BCUT2D eigenvalue weighted by Gasteiger charge is -2.35. The van der Waals surface area contributed by atoms with Crippen molar-refractivity contribution < 1.29 is 18.0 Å². The number of sulfonamides is 1. The maximum Gasteiger partial charge on any atom is 0.243 e. The Balaban J connectivity index is 1.64. The number of carbonyl (C=O) groups excluding carboxylic acids is 2. The minimum Gasteiger partial charge on any atom is -0.339 e. The van der Waals surface area contributed by atoms with Gasteiger partial charge in [-0.15, -0.1) is 11.8 Å². The van der Waals surface area contributed by atoms with Crippen molar-refractivity contribution in [3.8, 4) is 0 Å². The van der Waals surface area contributed by atoms with Crippen LogP contribution in [0.3, 0.4) is 0 Å². The standard InChI is InChI=1S/C21H23ClN2O4S2/c1-15(25)17-6-5-7-18(14-17)30(27,28)24-12-10-23(11-13-24)21(26)16(2)29-20-9-4-3-8-19(20)22/h3-9,14,16H,10-13H2,1-2H3. The van der Waals surface area contributed by atoms with Gasteiger partial charge in [-0.25, -0.2) is 8.42 Å². The average molecular weight is 467 g/mol. The fourth-order valence-corrected chi connectivity index (χ4v) is 5.92. The molecular weight excluding hydrogens is 444 g/mol. The number of hydrogen-bond acceptors (Lipinski definition) is 5. The van der Waals surface area contributed by atoms with Gasteiger partial charge in [-0.2, -0.15) is 4.31 Å². The molecule has 6 nitrogen and oxygen atoms in total. The lowest BCUT2D eigenvalue weighted by Crippen LogP contribution is -2.52. The largest absolute Gasteiger partial charge is 0.339 e. The highest BCUT2D eigenvalue weighted by atomic mass is 35.5. The third kappa shape index (κ3) is 5.06. The average Bonchev–Trinajstić information content (AvgIpc) is 2.75. The number of Topliss-reactive ketones (excluding diaryl/α,β-unsaturated/α-hetero) is 1. The molecule has 0 spiro atoms. The predicted octanol–water partition coefficient (Wildman–Crippen LogP) is 3.56. The molecule has 1 heterocycles. The number of piperazine rings is 1. The molecule has 0 N–H and O–H groups in total. The molecule has 0 saturated carbocycles. The van der Waals surface area contributed by atoms with Crippen LogP contribution in [0.4, 0.5) is 0 Å². The second-order valence-corrected chi connectivity index (χ2v) is 10.7. The molecule has 1 unspecified atom stereocenters. The summed E-state index contributed by atoms with van der Waals surface area (Å²) in [5.41, 5.74) is 0.357. The summed E-state index contributed by atoms with van der Waals surface area (Å²) in [7, 11) is -3.72. The zero-order chi connectivity index (χ0) is 21.9. The third-order valence-corrected chi connectivity index (χ3v) is 8.42. The summed E-state index contributed by atoms with van der Waals surface area (Å²) in [6.45, 7) is 4.28. The lowest BCUT2D eigenvalue weighted by molar-refractivity contribution is -0.131. The van der Waals surface area contributed by atoms with Crippen LogP contribution in [0.25, 0.3) is 0 Å². The molecule has 1 saturated heterocycles. The predicted molar refractivity (Wildman–Crippen MR) is 119 cm³/mol. The molecule has 1 amide bonds. The van der Waals surface area contributed by atoms with Crippen molar-refractivity contribution in [2.24, 2.45) is 0 Å². The summed E-state index contributed by atoms with van der Waals surface area (Å²) < 4.78 is 27.3. The molecule has 0 bridgehead atoms. The summed E-state index contributed by atoms with van der Waals surface area (Å²) in [4.78, 5) is 27.0. The zero-order valence-electron chi connectivity index (χ0n) is 16.7. The van der Waals surface area contributed by atoms with Crippen molar-refractivity contribution in [3.05, 3.63) is 59.1 Å². The number of rotatable bonds is 6. The van der Waals surface area contributed by atoms with E-state index in [0.717, 1.165) is 4.90 Å². The van der Waals surface area contributed by atoms with Crippen molar-refractivity contribution in [2.45, 2.75) is 28.9 Å². The Hall–Kier alpha value is -1.87. The first-order chi connectivity index (χ1) is 14.2. The van der Waals surface area contributed by atoms with Crippen LogP contribution in [-0.4, -0.2) is 60.7 Å². The van der Waals surface area contributed by atoms with Crippen LogP contribution in [0.15, 0.2) is 58.3 Å². The fourth-order valence-electron chi connectivity index (χ4n) is 3.21. The molecule has 1 aliphatic heterocycles. The Morgan fingerprint density at radius 2 is 1.70 bits per heavy atom. The molecule has 0 radical (unpaired) electrons. The molecule has 30 heavy (non-hydrogen) atoms. The van der Waals surface area contributed by atoms with Gasteiger partial charge >= 0.3 is 0 Å². The maximum atomic E-state index is 12.9. The van der Waals surface area contributed by atoms with Crippen molar-refractivity contribution in [2.75, 3.05) is 26.2 Å². The van der Waals surface area contributed by atoms with Crippen LogP contribution in [-0.2, 0) is 14.8 Å². The number of hydrogen-bond donors (Lipinski definition) is 0. The molecule has 9 heteroatoms. The summed E-state index contributed by atoms with van der Waals surface area (Å²) in [6.07, 6.45) is 0. The fraction of sp³-hybridized carbons (Fsp3) is 0.333. The summed E-state index contributed by atoms with van der Waals surface area (Å²) in [6, 6.07) is 13.4. The summed E-state index contributed by atoms with van der Waals surface area (Å²) in [5.74, 6) is -0.233. The maximum absolute atomic E-state index is 12.9. The molecule has 1 fully saturated rings. The molecule has 2 aromatic carbocycles. The first-order valence-corrected chi connectivity index (χ1v) is 12.2. The number of ketones is 1. The van der Waals surface area contributed by atoms with E-state index in [1.54, 1.807) is 23.1 Å². The Morgan fingerprint density at radius 1 is 1.03 bits per heavy atom. The minimum absolute atomic E-state index is 0.0458. The smallest absolute Gasteiger partial charge is 0.243 e. The van der Waals surface area contributed by atoms with Crippen molar-refractivity contribution in [3.63, 3.8) is 0 Å². The third-order valence-electron chi connectivity index (χ3n) is 4.92. The molecule has 2 aromatic rings. The van der Waals surface area contributed by atoms with Gasteiger partial charge in [0.05, 0.1) is 15.2 Å². The van der Waals surface area contributed by atoms with Crippen LogP contribution < -0.4 is 0 Å². The van der Waals surface area contributed by atoms with E-state index in [4.69, 9.17) is 11.6 Å². The number of carbonyl (C=O) groups is 2. The zero-order valence-corrected chi connectivity index (χ0v) is 19.1. The van der Waals surface area contributed by atoms with Gasteiger partial charge in [0.2, 0.25) is 15.9 Å². The Morgan fingerprint density at radius 3 is 2.33 bits per heavy atom. The molecule has 3 rings (SSSR count). The Labute approximate surface area is 186 Å². The van der Waals surface area contributed by atoms with Crippen LogP contribution in [0.2, 0.25) is 5.02 Å². The highest BCUT2D eigenvalue weighted by molar-refractivity contribution is 8.00. The molecule has 160 valence electrons. The normalized spacial score (nSPS) is 16.3. The van der Waals surface area contributed by atoms with E-state index in [-0.39, 0.29) is 34.9 Å². The van der Waals surface area contributed by atoms with E-state index in [2.05, 4.69) is 0 Å². The number of nitrogens with zero attached hydrogens (tertiary/aromatic N) is 2. The Kier molecular flexibility index (Phi) is 7.23. The highest BCUT2D eigenvalue weighted by Gasteiger charge is 2.32. The van der Waals surface area contributed by atoms with Crippen molar-refractivity contribution in [1.29, 1.82) is 0 Å². The summed E-state index contributed by atoms with van der Waals surface area (Å²) in [5, 5.41) is 0.270. The SMILES string of the molecule is CC(=O)c1cccc(S(=O)(=O)N2CCN(C(=O)C(C)Sc3ccccc3Cl)CC2)c1. The van der Waals surface area contributed by atoms with E-state index in [0.29, 0.717) is 23.7 Å². The van der Waals surface area contributed by atoms with E-state index >= 15 is 0 Å². The topological polar surface area (TPSA) is 74.8 Å². The number of benzene rings is 2. The van der Waals surface area contributed by atoms with Crippen LogP contribution >= 0.6 is 23.4 Å². The van der Waals surface area contributed by atoms with Crippen LogP contribution in [0, 0.1) is 0 Å². The van der Waals surface area contributed by atoms with Gasteiger partial charge < -0.3 is 4.90 Å². The molecule has 1 aliphatic rings. The molecular formula is C21H23ClN2O4S2. The van der Waals surface area contributed by atoms with Gasteiger partial charge in [0.1, 0.15) is 0 Å². The molecule has 0 aromatic heterocycles.